The Morgan fingerprint density at radius 2 is 1.88 bits per heavy atom. The highest BCUT2D eigenvalue weighted by Crippen LogP contribution is 2.25. The molecule has 0 aliphatic rings. The lowest BCUT2D eigenvalue weighted by atomic mass is 9.96. The Morgan fingerprint density at radius 3 is 2.50 bits per heavy atom. The molecule has 0 radical (unpaired) electrons. The molecule has 1 heterocycles. The van der Waals surface area contributed by atoms with Gasteiger partial charge in [-0.15, -0.1) is 10.2 Å². The molecule has 0 saturated carbocycles. The maximum absolute atomic E-state index is 12.4. The van der Waals surface area contributed by atoms with Gasteiger partial charge in [-0.05, 0) is 18.2 Å². The van der Waals surface area contributed by atoms with E-state index in [4.69, 9.17) is 0 Å². The highest BCUT2D eigenvalue weighted by Gasteiger charge is 2.25. The molecule has 2 aromatic rings. The van der Waals surface area contributed by atoms with E-state index in [-0.39, 0.29) is 26.6 Å². The number of aromatic nitrogens is 2. The molecule has 0 saturated heterocycles. The summed E-state index contributed by atoms with van der Waals surface area (Å²) in [7, 11) is -2.79. The first kappa shape index (κ1) is 19.8. The van der Waals surface area contributed by atoms with Crippen molar-refractivity contribution in [2.45, 2.75) is 25.1 Å². The van der Waals surface area contributed by atoms with Gasteiger partial charge in [-0.2, -0.15) is 8.42 Å². The molecule has 2 rings (SSSR count). The highest BCUT2D eigenvalue weighted by molar-refractivity contribution is 7.94. The average Bonchev–Trinajstić information content (AvgIpc) is 3.02. The summed E-state index contributed by atoms with van der Waals surface area (Å²) in [6, 6.07) is 5.83. The second-order valence-corrected chi connectivity index (χ2v) is 9.09. The van der Waals surface area contributed by atoms with Crippen molar-refractivity contribution in [1.82, 2.24) is 10.2 Å². The van der Waals surface area contributed by atoms with Crippen LogP contribution in [-0.4, -0.2) is 37.6 Å². The smallest absolute Gasteiger partial charge is 0.337 e. The molecular formula is C15H18N4O5S2. The number of amides is 1. The van der Waals surface area contributed by atoms with Crippen LogP contribution < -0.4 is 10.0 Å². The molecule has 2 N–H and O–H groups in total. The SMILES string of the molecule is COC(=O)c1cccc(NS(=O)(=O)c2nnc(NC(=O)C(C)(C)C)s2)c1. The summed E-state index contributed by atoms with van der Waals surface area (Å²) in [5.74, 6) is -0.898. The van der Waals surface area contributed by atoms with Gasteiger partial charge in [0, 0.05) is 11.1 Å². The predicted octanol–water partition coefficient (Wildman–Crippen LogP) is 2.11. The number of sulfonamides is 1. The molecule has 0 aliphatic heterocycles. The normalized spacial score (nSPS) is 11.7. The first-order valence-corrected chi connectivity index (χ1v) is 9.69. The Labute approximate surface area is 154 Å². The Hall–Kier alpha value is -2.53. The number of nitrogens with zero attached hydrogens (tertiary/aromatic N) is 2. The number of hydrogen-bond donors (Lipinski definition) is 2. The van der Waals surface area contributed by atoms with E-state index in [0.717, 1.165) is 11.3 Å². The second kappa shape index (κ2) is 7.38. The van der Waals surface area contributed by atoms with Gasteiger partial charge in [0.2, 0.25) is 11.0 Å². The Balaban J connectivity index is 2.19. The number of carbonyl (C=O) groups excluding carboxylic acids is 2. The number of carbonyl (C=O) groups is 2. The fourth-order valence-electron chi connectivity index (χ4n) is 1.68. The molecule has 0 aliphatic carbocycles. The summed E-state index contributed by atoms with van der Waals surface area (Å²) < 4.78 is 31.4. The van der Waals surface area contributed by atoms with Gasteiger partial charge in [-0.3, -0.25) is 9.52 Å². The fraction of sp³-hybridized carbons (Fsp3) is 0.333. The summed E-state index contributed by atoms with van der Waals surface area (Å²) >= 11 is 0.722. The van der Waals surface area contributed by atoms with Crippen LogP contribution in [0.25, 0.3) is 0 Å². The summed E-state index contributed by atoms with van der Waals surface area (Å²) in [6.07, 6.45) is 0. The maximum atomic E-state index is 12.4. The molecule has 0 bridgehead atoms. The second-order valence-electron chi connectivity index (χ2n) is 6.26. The summed E-state index contributed by atoms with van der Waals surface area (Å²) in [6.45, 7) is 5.16. The Morgan fingerprint density at radius 1 is 1.19 bits per heavy atom. The lowest BCUT2D eigenvalue weighted by molar-refractivity contribution is -0.123. The summed E-state index contributed by atoms with van der Waals surface area (Å²) in [5, 5.41) is 9.88. The number of esters is 1. The molecule has 1 amide bonds. The van der Waals surface area contributed by atoms with Crippen molar-refractivity contribution in [2.24, 2.45) is 5.41 Å². The van der Waals surface area contributed by atoms with Crippen molar-refractivity contribution in [3.63, 3.8) is 0 Å². The minimum Gasteiger partial charge on any atom is -0.465 e. The largest absolute Gasteiger partial charge is 0.465 e. The van der Waals surface area contributed by atoms with Crippen LogP contribution in [0.3, 0.4) is 0 Å². The van der Waals surface area contributed by atoms with Gasteiger partial charge in [0.25, 0.3) is 14.4 Å². The van der Waals surface area contributed by atoms with Crippen molar-refractivity contribution in [1.29, 1.82) is 0 Å². The van der Waals surface area contributed by atoms with E-state index in [1.165, 1.54) is 31.4 Å². The van der Waals surface area contributed by atoms with E-state index >= 15 is 0 Å². The monoisotopic (exact) mass is 398 g/mol. The number of benzene rings is 1. The first-order chi connectivity index (χ1) is 12.0. The van der Waals surface area contributed by atoms with Crippen LogP contribution in [0.5, 0.6) is 0 Å². The predicted molar refractivity (Wildman–Crippen MR) is 96.6 cm³/mol. The topological polar surface area (TPSA) is 127 Å². The Bertz CT molecular complexity index is 932. The number of nitrogens with one attached hydrogen (secondary N) is 2. The van der Waals surface area contributed by atoms with Gasteiger partial charge in [0.05, 0.1) is 12.7 Å². The number of anilines is 2. The van der Waals surface area contributed by atoms with E-state index < -0.39 is 21.4 Å². The van der Waals surface area contributed by atoms with Gasteiger partial charge in [-0.25, -0.2) is 4.79 Å². The first-order valence-electron chi connectivity index (χ1n) is 7.39. The van der Waals surface area contributed by atoms with Gasteiger partial charge < -0.3 is 10.1 Å². The quantitative estimate of drug-likeness (QED) is 0.583. The molecule has 0 unspecified atom stereocenters. The molecule has 1 aromatic heterocycles. The van der Waals surface area contributed by atoms with Crippen LogP contribution in [0.15, 0.2) is 28.6 Å². The van der Waals surface area contributed by atoms with Crippen LogP contribution in [0, 0.1) is 5.41 Å². The van der Waals surface area contributed by atoms with Crippen molar-refractivity contribution in [3.8, 4) is 0 Å². The minimum atomic E-state index is -4.02. The minimum absolute atomic E-state index is 0.0774. The third kappa shape index (κ3) is 4.76. The zero-order valence-corrected chi connectivity index (χ0v) is 16.2. The van der Waals surface area contributed by atoms with Gasteiger partial charge in [0.1, 0.15) is 0 Å². The molecule has 26 heavy (non-hydrogen) atoms. The maximum Gasteiger partial charge on any atom is 0.337 e. The van der Waals surface area contributed by atoms with Crippen molar-refractivity contribution >= 4 is 44.1 Å². The number of hydrogen-bond acceptors (Lipinski definition) is 8. The molecule has 9 nitrogen and oxygen atoms in total. The lowest BCUT2D eigenvalue weighted by Crippen LogP contribution is -2.27. The fourth-order valence-corrected chi connectivity index (χ4v) is 3.63. The molecule has 140 valence electrons. The lowest BCUT2D eigenvalue weighted by Gasteiger charge is -2.15. The Kier molecular flexibility index (Phi) is 5.62. The average molecular weight is 398 g/mol. The third-order valence-corrected chi connectivity index (χ3v) is 5.66. The number of ether oxygens (including phenoxy) is 1. The van der Waals surface area contributed by atoms with Gasteiger partial charge in [0.15, 0.2) is 0 Å². The van der Waals surface area contributed by atoms with E-state index in [1.54, 1.807) is 20.8 Å². The van der Waals surface area contributed by atoms with Crippen molar-refractivity contribution in [3.05, 3.63) is 29.8 Å². The number of rotatable bonds is 5. The molecular weight excluding hydrogens is 380 g/mol. The zero-order valence-electron chi connectivity index (χ0n) is 14.6. The van der Waals surface area contributed by atoms with E-state index in [2.05, 4.69) is 25.0 Å². The molecule has 0 atom stereocenters. The molecule has 1 aromatic carbocycles. The molecule has 0 spiro atoms. The van der Waals surface area contributed by atoms with Crippen LogP contribution in [0.2, 0.25) is 0 Å². The highest BCUT2D eigenvalue weighted by atomic mass is 32.2. The van der Waals surface area contributed by atoms with E-state index in [0.29, 0.717) is 0 Å². The van der Waals surface area contributed by atoms with Crippen molar-refractivity contribution in [2.75, 3.05) is 17.1 Å². The van der Waals surface area contributed by atoms with Gasteiger partial charge in [-0.1, -0.05) is 38.2 Å². The molecule has 11 heteroatoms. The van der Waals surface area contributed by atoms with Crippen LogP contribution >= 0.6 is 11.3 Å². The van der Waals surface area contributed by atoms with Crippen molar-refractivity contribution < 1.29 is 22.7 Å². The summed E-state index contributed by atoms with van der Waals surface area (Å²) in [5.41, 5.74) is -0.288. The van der Waals surface area contributed by atoms with Crippen LogP contribution in [-0.2, 0) is 19.6 Å². The standard InChI is InChI=1S/C15H18N4O5S2/c1-15(2,3)12(21)16-13-17-18-14(25-13)26(22,23)19-10-7-5-6-9(8-10)11(20)24-4/h5-8,19H,1-4H3,(H,16,17,21). The zero-order chi connectivity index (χ0) is 19.5. The summed E-state index contributed by atoms with van der Waals surface area (Å²) in [4.78, 5) is 23.5. The van der Waals surface area contributed by atoms with Gasteiger partial charge >= 0.3 is 5.97 Å². The van der Waals surface area contributed by atoms with Crippen LogP contribution in [0.4, 0.5) is 10.8 Å². The number of methoxy groups -OCH3 is 1. The molecule has 0 fully saturated rings. The van der Waals surface area contributed by atoms with E-state index in [9.17, 15) is 18.0 Å². The van der Waals surface area contributed by atoms with E-state index in [1.807, 2.05) is 0 Å². The van der Waals surface area contributed by atoms with Crippen LogP contribution in [0.1, 0.15) is 31.1 Å². The third-order valence-electron chi connectivity index (χ3n) is 3.07.